The van der Waals surface area contributed by atoms with Crippen molar-refractivity contribution in [3.8, 4) is 0 Å². The van der Waals surface area contributed by atoms with Crippen molar-refractivity contribution in [3.63, 3.8) is 0 Å². The SMILES string of the molecule is CCCCCCCCCC/C=C\CCCCCCCCCCCCCCCCOCC(COP(=O)([O-])OCC[N+](C)(C)C)OC(=O)CCCCCCCCCCCCCCCCC. The van der Waals surface area contributed by atoms with Crippen molar-refractivity contribution in [3.05, 3.63) is 12.2 Å². The monoisotopic (exact) mass is 914 g/mol. The zero-order valence-electron chi connectivity index (χ0n) is 42.8. The van der Waals surface area contributed by atoms with Gasteiger partial charge in [-0.15, -0.1) is 0 Å². The number of hydrogen-bond acceptors (Lipinski definition) is 7. The minimum atomic E-state index is -4.52. The van der Waals surface area contributed by atoms with Crippen LogP contribution in [0.15, 0.2) is 12.2 Å². The van der Waals surface area contributed by atoms with Crippen LogP contribution in [0, 0.1) is 0 Å². The lowest BCUT2D eigenvalue weighted by Crippen LogP contribution is -2.37. The summed E-state index contributed by atoms with van der Waals surface area (Å²) in [6.45, 7) is 5.48. The number of quaternary nitrogens is 1. The number of hydrogen-bond donors (Lipinski definition) is 0. The Bertz CT molecular complexity index is 1020. The van der Waals surface area contributed by atoms with Crippen molar-refractivity contribution in [1.82, 2.24) is 0 Å². The van der Waals surface area contributed by atoms with Crippen molar-refractivity contribution in [1.29, 1.82) is 0 Å². The van der Waals surface area contributed by atoms with E-state index in [-0.39, 0.29) is 25.8 Å². The van der Waals surface area contributed by atoms with E-state index in [1.54, 1.807) is 0 Å². The molecule has 0 aromatic rings. The maximum atomic E-state index is 12.7. The van der Waals surface area contributed by atoms with E-state index < -0.39 is 13.9 Å². The molecule has 376 valence electrons. The lowest BCUT2D eigenvalue weighted by Gasteiger charge is -2.28. The quantitative estimate of drug-likeness (QED) is 0.0197. The zero-order valence-corrected chi connectivity index (χ0v) is 43.7. The summed E-state index contributed by atoms with van der Waals surface area (Å²) >= 11 is 0. The van der Waals surface area contributed by atoms with Crippen molar-refractivity contribution >= 4 is 13.8 Å². The Kier molecular flexibility index (Phi) is 47.1. The van der Waals surface area contributed by atoms with Gasteiger partial charge in [0.1, 0.15) is 19.3 Å². The molecule has 2 unspecified atom stereocenters. The minimum Gasteiger partial charge on any atom is -0.756 e. The number of unbranched alkanes of at least 4 members (excludes halogenated alkanes) is 36. The molecule has 0 N–H and O–H groups in total. The third-order valence-electron chi connectivity index (χ3n) is 12.3. The second kappa shape index (κ2) is 47.7. The Morgan fingerprint density at radius 1 is 0.476 bits per heavy atom. The minimum absolute atomic E-state index is 0.0302. The van der Waals surface area contributed by atoms with E-state index in [1.165, 1.54) is 218 Å². The zero-order chi connectivity index (χ0) is 46.2. The fourth-order valence-electron chi connectivity index (χ4n) is 8.07. The highest BCUT2D eigenvalue weighted by Gasteiger charge is 2.20. The van der Waals surface area contributed by atoms with Crippen molar-refractivity contribution in [2.24, 2.45) is 0 Å². The number of rotatable bonds is 52. The highest BCUT2D eigenvalue weighted by molar-refractivity contribution is 7.45. The number of carbonyl (C=O) groups is 1. The second-order valence-electron chi connectivity index (χ2n) is 20.0. The summed E-state index contributed by atoms with van der Waals surface area (Å²) in [5.74, 6) is -0.327. The smallest absolute Gasteiger partial charge is 0.306 e. The molecule has 0 saturated heterocycles. The fourth-order valence-corrected chi connectivity index (χ4v) is 8.80. The van der Waals surface area contributed by atoms with Gasteiger partial charge in [-0.1, -0.05) is 238 Å². The van der Waals surface area contributed by atoms with Gasteiger partial charge < -0.3 is 27.9 Å². The van der Waals surface area contributed by atoms with Gasteiger partial charge in [-0.25, -0.2) is 0 Å². The van der Waals surface area contributed by atoms with E-state index in [9.17, 15) is 14.3 Å². The summed E-state index contributed by atoms with van der Waals surface area (Å²) in [5.41, 5.74) is 0. The molecule has 9 heteroatoms. The number of likely N-dealkylation sites (N-methyl/N-ethyl adjacent to an activating group) is 1. The van der Waals surface area contributed by atoms with Gasteiger partial charge >= 0.3 is 5.97 Å². The number of esters is 1. The molecule has 2 atom stereocenters. The van der Waals surface area contributed by atoms with Crippen LogP contribution < -0.4 is 4.89 Å². The van der Waals surface area contributed by atoms with E-state index in [4.69, 9.17) is 18.5 Å². The molecule has 0 rings (SSSR count). The van der Waals surface area contributed by atoms with E-state index >= 15 is 0 Å². The van der Waals surface area contributed by atoms with E-state index in [0.29, 0.717) is 24.1 Å². The average molecular weight is 914 g/mol. The van der Waals surface area contributed by atoms with Crippen LogP contribution >= 0.6 is 7.82 Å². The molecule has 0 amide bonds. The third-order valence-corrected chi connectivity index (χ3v) is 13.3. The second-order valence-corrected chi connectivity index (χ2v) is 21.4. The van der Waals surface area contributed by atoms with Crippen LogP contribution in [0.1, 0.15) is 271 Å². The molecule has 0 heterocycles. The van der Waals surface area contributed by atoms with Gasteiger partial charge in [0, 0.05) is 13.0 Å². The first kappa shape index (κ1) is 62.2. The molecule has 8 nitrogen and oxygen atoms in total. The molecule has 63 heavy (non-hydrogen) atoms. The molecule has 0 saturated carbocycles. The van der Waals surface area contributed by atoms with Crippen molar-refractivity contribution < 1.29 is 37.3 Å². The molecule has 0 aromatic heterocycles. The summed E-state index contributed by atoms with van der Waals surface area (Å²) < 4.78 is 34.8. The molecule has 0 aliphatic carbocycles. The largest absolute Gasteiger partial charge is 0.756 e. The number of ether oxygens (including phenoxy) is 2. The molecule has 0 fully saturated rings. The molecule has 0 aliphatic rings. The topological polar surface area (TPSA) is 94.1 Å². The molecular weight excluding hydrogens is 806 g/mol. The van der Waals surface area contributed by atoms with Crippen LogP contribution in [0.5, 0.6) is 0 Å². The van der Waals surface area contributed by atoms with Gasteiger partial charge in [0.2, 0.25) is 0 Å². The van der Waals surface area contributed by atoms with E-state index in [1.807, 2.05) is 21.1 Å². The van der Waals surface area contributed by atoms with Gasteiger partial charge in [0.15, 0.2) is 0 Å². The highest BCUT2D eigenvalue weighted by atomic mass is 31.2. The van der Waals surface area contributed by atoms with Crippen LogP contribution in [0.25, 0.3) is 0 Å². The summed E-state index contributed by atoms with van der Waals surface area (Å²) in [4.78, 5) is 25.2. The lowest BCUT2D eigenvalue weighted by atomic mass is 10.0. The lowest BCUT2D eigenvalue weighted by molar-refractivity contribution is -0.870. The number of carbonyl (C=O) groups excluding carboxylic acids is 1. The summed E-state index contributed by atoms with van der Waals surface area (Å²) in [5, 5.41) is 0. The van der Waals surface area contributed by atoms with Gasteiger partial charge in [-0.05, 0) is 38.5 Å². The molecule has 0 aromatic carbocycles. The number of allylic oxidation sites excluding steroid dienone is 2. The van der Waals surface area contributed by atoms with Gasteiger partial charge in [-0.3, -0.25) is 9.36 Å². The number of nitrogens with zero attached hydrogens (tertiary/aromatic N) is 1. The molecular formula is C54H108NO7P. The summed E-state index contributed by atoms with van der Waals surface area (Å²) in [6, 6.07) is 0. The summed E-state index contributed by atoms with van der Waals surface area (Å²) in [6.07, 6.45) is 55.3. The first-order valence-electron chi connectivity index (χ1n) is 27.4. The molecule has 0 aliphatic heterocycles. The van der Waals surface area contributed by atoms with Crippen LogP contribution in [0.2, 0.25) is 0 Å². The Balaban J connectivity index is 4.00. The van der Waals surface area contributed by atoms with Crippen molar-refractivity contribution in [2.45, 2.75) is 277 Å². The predicted molar refractivity (Wildman–Crippen MR) is 268 cm³/mol. The first-order chi connectivity index (χ1) is 30.6. The van der Waals surface area contributed by atoms with Crippen LogP contribution in [-0.4, -0.2) is 70.7 Å². The maximum Gasteiger partial charge on any atom is 0.306 e. The number of phosphoric acid groups is 1. The Hall–Kier alpha value is -0.760. The summed E-state index contributed by atoms with van der Waals surface area (Å²) in [7, 11) is 1.37. The van der Waals surface area contributed by atoms with Crippen LogP contribution in [0.4, 0.5) is 0 Å². The Morgan fingerprint density at radius 3 is 1.21 bits per heavy atom. The normalized spacial score (nSPS) is 13.6. The Morgan fingerprint density at radius 2 is 0.825 bits per heavy atom. The molecule has 0 radical (unpaired) electrons. The average Bonchev–Trinajstić information content (AvgIpc) is 3.24. The van der Waals surface area contributed by atoms with Gasteiger partial charge in [0.25, 0.3) is 7.82 Å². The van der Waals surface area contributed by atoms with Crippen molar-refractivity contribution in [2.75, 3.05) is 54.1 Å². The maximum absolute atomic E-state index is 12.7. The van der Waals surface area contributed by atoms with E-state index in [0.717, 1.165) is 32.1 Å². The molecule has 0 spiro atoms. The van der Waals surface area contributed by atoms with Gasteiger partial charge in [-0.2, -0.15) is 0 Å². The Labute approximate surface area is 392 Å². The number of phosphoric ester groups is 1. The highest BCUT2D eigenvalue weighted by Crippen LogP contribution is 2.38. The first-order valence-corrected chi connectivity index (χ1v) is 28.9. The third kappa shape index (κ3) is 52.1. The van der Waals surface area contributed by atoms with E-state index in [2.05, 4.69) is 26.0 Å². The fraction of sp³-hybridized carbons (Fsp3) is 0.944. The van der Waals surface area contributed by atoms with Crippen LogP contribution in [-0.2, 0) is 27.9 Å². The predicted octanol–water partition coefficient (Wildman–Crippen LogP) is 16.3. The molecule has 0 bridgehead atoms. The van der Waals surface area contributed by atoms with Crippen LogP contribution in [0.3, 0.4) is 0 Å². The standard InChI is InChI=1S/C54H108NO7P/c1-6-8-10-12-14-16-18-20-22-23-24-25-26-27-28-29-30-31-32-34-36-38-40-42-44-46-49-59-51-53(52-61-63(57,58)60-50-48-55(3,4)5)62-54(56)47-45-43-41-39-37-35-33-21-19-17-15-13-11-9-7-2/h23-24,53H,6-22,25-52H2,1-5H3/b24-23-. The van der Waals surface area contributed by atoms with Gasteiger partial charge in [0.05, 0.1) is 34.4 Å².